The lowest BCUT2D eigenvalue weighted by molar-refractivity contribution is -0.147. The quantitative estimate of drug-likeness (QED) is 0.743. The van der Waals surface area contributed by atoms with Gasteiger partial charge in [0.1, 0.15) is 0 Å². The predicted molar refractivity (Wildman–Crippen MR) is 70.0 cm³/mol. The summed E-state index contributed by atoms with van der Waals surface area (Å²) >= 11 is 0. The van der Waals surface area contributed by atoms with Crippen molar-refractivity contribution in [2.75, 3.05) is 0 Å². The molecule has 102 valence electrons. The van der Waals surface area contributed by atoms with E-state index in [2.05, 4.69) is 13.5 Å². The van der Waals surface area contributed by atoms with Gasteiger partial charge in [-0.3, -0.25) is 4.79 Å². The Bertz CT molecular complexity index is 350. The minimum absolute atomic E-state index is 0.0933. The summed E-state index contributed by atoms with van der Waals surface area (Å²) in [6.45, 7) is 7.97. The second kappa shape index (κ2) is 5.04. The highest BCUT2D eigenvalue weighted by molar-refractivity contribution is 5.70. The molecule has 2 aliphatic rings. The van der Waals surface area contributed by atoms with Crippen molar-refractivity contribution in [1.82, 2.24) is 0 Å². The second-order valence-corrected chi connectivity index (χ2v) is 6.23. The molecule has 0 bridgehead atoms. The maximum Gasteiger partial charge on any atom is 0.306 e. The number of carbonyl (C=O) groups is 1. The Morgan fingerprint density at radius 2 is 2.06 bits per heavy atom. The Hall–Kier alpha value is -0.830. The van der Waals surface area contributed by atoms with Crippen LogP contribution < -0.4 is 0 Å². The van der Waals surface area contributed by atoms with Gasteiger partial charge in [0.05, 0.1) is 12.0 Å². The van der Waals surface area contributed by atoms with Crippen molar-refractivity contribution in [3.8, 4) is 0 Å². The maximum absolute atomic E-state index is 11.2. The third-order valence-corrected chi connectivity index (χ3v) is 5.29. The van der Waals surface area contributed by atoms with E-state index in [4.69, 9.17) is 0 Å². The Morgan fingerprint density at radius 3 is 2.67 bits per heavy atom. The Kier molecular flexibility index (Phi) is 3.81. The molecule has 0 heterocycles. The number of aliphatic hydroxyl groups is 1. The molecule has 3 heteroatoms. The first-order valence-electron chi connectivity index (χ1n) is 7.02. The molecular formula is C15H24O3. The van der Waals surface area contributed by atoms with E-state index in [0.717, 1.165) is 31.3 Å². The number of rotatable bonds is 2. The lowest BCUT2D eigenvalue weighted by atomic mass is 9.57. The van der Waals surface area contributed by atoms with Gasteiger partial charge in [-0.15, -0.1) is 0 Å². The summed E-state index contributed by atoms with van der Waals surface area (Å²) in [5, 5.41) is 19.6. The fourth-order valence-electron chi connectivity index (χ4n) is 4.04. The van der Waals surface area contributed by atoms with Crippen molar-refractivity contribution in [2.45, 2.75) is 45.6 Å². The zero-order chi connectivity index (χ0) is 13.4. The highest BCUT2D eigenvalue weighted by Gasteiger charge is 2.47. The summed E-state index contributed by atoms with van der Waals surface area (Å²) in [4.78, 5) is 11.2. The average molecular weight is 252 g/mol. The molecule has 0 aromatic carbocycles. The van der Waals surface area contributed by atoms with Gasteiger partial charge in [0, 0.05) is 0 Å². The molecule has 18 heavy (non-hydrogen) atoms. The van der Waals surface area contributed by atoms with Crippen LogP contribution in [0.5, 0.6) is 0 Å². The summed E-state index contributed by atoms with van der Waals surface area (Å²) in [7, 11) is 0. The Labute approximate surface area is 109 Å². The minimum atomic E-state index is -0.739. The number of aliphatic carboxylic acids is 1. The molecule has 2 rings (SSSR count). The fraction of sp³-hybridized carbons (Fsp3) is 0.800. The smallest absolute Gasteiger partial charge is 0.306 e. The summed E-state index contributed by atoms with van der Waals surface area (Å²) < 4.78 is 0. The van der Waals surface area contributed by atoms with Gasteiger partial charge in [-0.2, -0.15) is 0 Å². The van der Waals surface area contributed by atoms with E-state index in [1.807, 2.05) is 0 Å². The van der Waals surface area contributed by atoms with Crippen molar-refractivity contribution in [3.05, 3.63) is 12.2 Å². The first-order valence-corrected chi connectivity index (χ1v) is 7.02. The SMILES string of the molecule is C=C1CC[C@@H]2[C@H](C1O)[C@H]([C@@H](C)C(=O)O)CC[C@H]2C. The molecule has 0 spiro atoms. The van der Waals surface area contributed by atoms with E-state index < -0.39 is 12.1 Å². The number of carboxylic acids is 1. The molecule has 0 aromatic rings. The van der Waals surface area contributed by atoms with Gasteiger partial charge in [0.25, 0.3) is 0 Å². The highest BCUT2D eigenvalue weighted by atomic mass is 16.4. The number of hydrogen-bond acceptors (Lipinski definition) is 2. The van der Waals surface area contributed by atoms with Crippen LogP contribution in [0.3, 0.4) is 0 Å². The molecule has 0 amide bonds. The molecule has 0 saturated heterocycles. The van der Waals surface area contributed by atoms with Crippen molar-refractivity contribution >= 4 is 5.97 Å². The van der Waals surface area contributed by atoms with Gasteiger partial charge in [-0.1, -0.05) is 26.8 Å². The van der Waals surface area contributed by atoms with Crippen LogP contribution >= 0.6 is 0 Å². The van der Waals surface area contributed by atoms with Crippen molar-refractivity contribution < 1.29 is 15.0 Å². The first-order chi connectivity index (χ1) is 8.43. The largest absolute Gasteiger partial charge is 0.481 e. The molecule has 0 aromatic heterocycles. The molecule has 0 aliphatic heterocycles. The molecule has 2 N–H and O–H groups in total. The van der Waals surface area contributed by atoms with Crippen molar-refractivity contribution in [1.29, 1.82) is 0 Å². The van der Waals surface area contributed by atoms with Crippen LogP contribution in [0.1, 0.15) is 39.5 Å². The number of aliphatic hydroxyl groups excluding tert-OH is 1. The zero-order valence-electron chi connectivity index (χ0n) is 11.3. The van der Waals surface area contributed by atoms with Crippen molar-refractivity contribution in [3.63, 3.8) is 0 Å². The van der Waals surface area contributed by atoms with Crippen LogP contribution in [0.4, 0.5) is 0 Å². The average Bonchev–Trinajstić information content (AvgIpc) is 2.33. The van der Waals surface area contributed by atoms with E-state index in [1.165, 1.54) is 0 Å². The van der Waals surface area contributed by atoms with E-state index >= 15 is 0 Å². The molecule has 3 nitrogen and oxygen atoms in total. The van der Waals surface area contributed by atoms with Gasteiger partial charge >= 0.3 is 5.97 Å². The predicted octanol–water partition coefficient (Wildman–Crippen LogP) is 2.70. The first kappa shape index (κ1) is 13.6. The summed E-state index contributed by atoms with van der Waals surface area (Å²) in [5.41, 5.74) is 0.896. The molecule has 0 radical (unpaired) electrons. The zero-order valence-corrected chi connectivity index (χ0v) is 11.3. The second-order valence-electron chi connectivity index (χ2n) is 6.23. The normalized spacial score (nSPS) is 42.2. The topological polar surface area (TPSA) is 57.5 Å². The Balaban J connectivity index is 2.25. The van der Waals surface area contributed by atoms with E-state index in [9.17, 15) is 15.0 Å². The maximum atomic E-state index is 11.2. The molecule has 2 aliphatic carbocycles. The lowest BCUT2D eigenvalue weighted by Crippen LogP contribution is -2.47. The van der Waals surface area contributed by atoms with Crippen LogP contribution in [-0.2, 0) is 4.79 Å². The standard InChI is InChI=1S/C15H24O3/c1-8-4-7-12(10(3)15(17)18)13-11(8)6-5-9(2)14(13)16/h8,10-14,16H,2,4-7H2,1,3H3,(H,17,18)/t8-,10-,11+,12+,13+,14?/m1/s1. The van der Waals surface area contributed by atoms with E-state index in [-0.39, 0.29) is 17.8 Å². The third kappa shape index (κ3) is 2.20. The fourth-order valence-corrected chi connectivity index (χ4v) is 4.04. The summed E-state index contributed by atoms with van der Waals surface area (Å²) in [6.07, 6.45) is 3.45. The number of carboxylic acid groups (broad SMARTS) is 1. The minimum Gasteiger partial charge on any atom is -0.481 e. The van der Waals surface area contributed by atoms with Gasteiger partial charge in [-0.05, 0) is 48.5 Å². The summed E-state index contributed by atoms with van der Waals surface area (Å²) in [6, 6.07) is 0. The highest BCUT2D eigenvalue weighted by Crippen LogP contribution is 2.50. The molecule has 6 atom stereocenters. The third-order valence-electron chi connectivity index (χ3n) is 5.29. The van der Waals surface area contributed by atoms with Crippen molar-refractivity contribution in [2.24, 2.45) is 29.6 Å². The van der Waals surface area contributed by atoms with E-state index in [1.54, 1.807) is 6.92 Å². The summed E-state index contributed by atoms with van der Waals surface area (Å²) in [5.74, 6) is 0.139. The van der Waals surface area contributed by atoms with Gasteiger partial charge < -0.3 is 10.2 Å². The van der Waals surface area contributed by atoms with Crippen LogP contribution in [-0.4, -0.2) is 22.3 Å². The number of hydrogen-bond donors (Lipinski definition) is 2. The van der Waals surface area contributed by atoms with Crippen LogP contribution in [0, 0.1) is 29.6 Å². The molecular weight excluding hydrogens is 228 g/mol. The molecule has 2 saturated carbocycles. The van der Waals surface area contributed by atoms with Gasteiger partial charge in [0.15, 0.2) is 0 Å². The van der Waals surface area contributed by atoms with Crippen LogP contribution in [0.25, 0.3) is 0 Å². The lowest BCUT2D eigenvalue weighted by Gasteiger charge is -2.49. The van der Waals surface area contributed by atoms with Gasteiger partial charge in [0.2, 0.25) is 0 Å². The van der Waals surface area contributed by atoms with Crippen LogP contribution in [0.2, 0.25) is 0 Å². The van der Waals surface area contributed by atoms with E-state index in [0.29, 0.717) is 11.8 Å². The van der Waals surface area contributed by atoms with Crippen LogP contribution in [0.15, 0.2) is 12.2 Å². The van der Waals surface area contributed by atoms with Gasteiger partial charge in [-0.25, -0.2) is 0 Å². The monoisotopic (exact) mass is 252 g/mol. The molecule has 1 unspecified atom stereocenters. The molecule has 2 fully saturated rings. The number of fused-ring (bicyclic) bond motifs is 1. The Morgan fingerprint density at radius 1 is 1.39 bits per heavy atom.